The van der Waals surface area contributed by atoms with Gasteiger partial charge in [0, 0.05) is 44.5 Å². The summed E-state index contributed by atoms with van der Waals surface area (Å²) in [5, 5.41) is 8.21. The Hall–Kier alpha value is -4.46. The molecule has 0 bridgehead atoms. The number of aromatic nitrogens is 2. The Morgan fingerprint density at radius 1 is 0.806 bits per heavy atom. The van der Waals surface area contributed by atoms with Crippen LogP contribution in [0.5, 0.6) is 0 Å². The van der Waals surface area contributed by atoms with Crippen LogP contribution < -0.4 is 4.90 Å². The SMILES string of the molecule is Cc1ccc(-c2nnc(-c3ccc(C(=O)OCC(=O)N(C)Cc4ccc(N(C)C)cc4)cc3)o2)cc1. The summed E-state index contributed by atoms with van der Waals surface area (Å²) in [7, 11) is 5.63. The summed E-state index contributed by atoms with van der Waals surface area (Å²) in [5.41, 5.74) is 5.05. The van der Waals surface area contributed by atoms with Crippen molar-refractivity contribution in [1.82, 2.24) is 15.1 Å². The highest BCUT2D eigenvalue weighted by atomic mass is 16.5. The molecule has 36 heavy (non-hydrogen) atoms. The number of ether oxygens (including phenoxy) is 1. The van der Waals surface area contributed by atoms with Gasteiger partial charge in [0.25, 0.3) is 5.91 Å². The zero-order chi connectivity index (χ0) is 25.7. The monoisotopic (exact) mass is 484 g/mol. The van der Waals surface area contributed by atoms with E-state index in [1.165, 1.54) is 4.90 Å². The van der Waals surface area contributed by atoms with Gasteiger partial charge in [-0.2, -0.15) is 0 Å². The molecule has 0 fully saturated rings. The van der Waals surface area contributed by atoms with Gasteiger partial charge in [0.1, 0.15) is 0 Å². The first-order valence-electron chi connectivity index (χ1n) is 11.5. The molecule has 0 aliphatic rings. The summed E-state index contributed by atoms with van der Waals surface area (Å²) < 4.78 is 11.0. The zero-order valence-corrected chi connectivity index (χ0v) is 20.8. The highest BCUT2D eigenvalue weighted by molar-refractivity contribution is 5.91. The van der Waals surface area contributed by atoms with Crippen LogP contribution >= 0.6 is 0 Å². The van der Waals surface area contributed by atoms with E-state index in [4.69, 9.17) is 9.15 Å². The van der Waals surface area contributed by atoms with Crippen LogP contribution in [0, 0.1) is 6.92 Å². The molecule has 184 valence electrons. The first-order valence-corrected chi connectivity index (χ1v) is 11.5. The molecular weight excluding hydrogens is 456 g/mol. The van der Waals surface area contributed by atoms with Crippen LogP contribution in [-0.2, 0) is 16.1 Å². The Bertz CT molecular complexity index is 1330. The number of carbonyl (C=O) groups is 2. The first kappa shape index (κ1) is 24.7. The Balaban J connectivity index is 1.31. The molecule has 0 saturated heterocycles. The molecule has 0 atom stereocenters. The number of rotatable bonds is 8. The Morgan fingerprint density at radius 3 is 1.92 bits per heavy atom. The van der Waals surface area contributed by atoms with Gasteiger partial charge in [0.2, 0.25) is 11.8 Å². The molecule has 4 rings (SSSR count). The standard InChI is InChI=1S/C28H28N4O4/c1-19-5-9-21(10-6-19)26-29-30-27(36-26)22-11-13-23(14-12-22)28(34)35-18-25(33)32(4)17-20-7-15-24(16-8-20)31(2)3/h5-16H,17-18H2,1-4H3. The summed E-state index contributed by atoms with van der Waals surface area (Å²) in [6.07, 6.45) is 0. The molecule has 1 heterocycles. The van der Waals surface area contributed by atoms with Gasteiger partial charge in [0.05, 0.1) is 5.56 Å². The number of aryl methyl sites for hydroxylation is 1. The second-order valence-electron chi connectivity index (χ2n) is 8.74. The second kappa shape index (κ2) is 10.9. The molecule has 0 spiro atoms. The molecule has 0 saturated carbocycles. The number of nitrogens with zero attached hydrogens (tertiary/aromatic N) is 4. The maximum absolute atomic E-state index is 12.4. The Morgan fingerprint density at radius 2 is 1.36 bits per heavy atom. The fraction of sp³-hybridized carbons (Fsp3) is 0.214. The first-order chi connectivity index (χ1) is 17.3. The molecule has 8 nitrogen and oxygen atoms in total. The predicted octanol–water partition coefficient (Wildman–Crippen LogP) is 4.59. The van der Waals surface area contributed by atoms with Gasteiger partial charge in [-0.25, -0.2) is 4.79 Å². The van der Waals surface area contributed by atoms with Gasteiger partial charge in [-0.05, 0) is 61.0 Å². The maximum atomic E-state index is 12.4. The third-order valence-electron chi connectivity index (χ3n) is 5.72. The largest absolute Gasteiger partial charge is 0.452 e. The summed E-state index contributed by atoms with van der Waals surface area (Å²) in [4.78, 5) is 28.4. The summed E-state index contributed by atoms with van der Waals surface area (Å²) in [6, 6.07) is 22.3. The molecule has 4 aromatic rings. The van der Waals surface area contributed by atoms with Crippen molar-refractivity contribution >= 4 is 17.6 Å². The minimum atomic E-state index is -0.579. The van der Waals surface area contributed by atoms with Crippen LogP contribution in [0.4, 0.5) is 5.69 Å². The van der Waals surface area contributed by atoms with Crippen molar-refractivity contribution in [1.29, 1.82) is 0 Å². The lowest BCUT2D eigenvalue weighted by Crippen LogP contribution is -2.30. The van der Waals surface area contributed by atoms with Crippen molar-refractivity contribution in [3.05, 3.63) is 89.5 Å². The molecule has 0 aliphatic carbocycles. The van der Waals surface area contributed by atoms with Crippen LogP contribution in [-0.4, -0.2) is 54.7 Å². The third kappa shape index (κ3) is 5.96. The molecule has 0 unspecified atom stereocenters. The average molecular weight is 485 g/mol. The molecular formula is C28H28N4O4. The van der Waals surface area contributed by atoms with Crippen molar-refractivity contribution in [2.24, 2.45) is 0 Å². The van der Waals surface area contributed by atoms with E-state index in [9.17, 15) is 9.59 Å². The lowest BCUT2D eigenvalue weighted by atomic mass is 10.1. The zero-order valence-electron chi connectivity index (χ0n) is 20.8. The molecule has 0 N–H and O–H groups in total. The highest BCUT2D eigenvalue weighted by Crippen LogP contribution is 2.24. The van der Waals surface area contributed by atoms with Crippen LogP contribution in [0.25, 0.3) is 22.9 Å². The Kier molecular flexibility index (Phi) is 7.44. The van der Waals surface area contributed by atoms with Crippen molar-refractivity contribution in [2.45, 2.75) is 13.5 Å². The van der Waals surface area contributed by atoms with Crippen LogP contribution in [0.15, 0.2) is 77.2 Å². The lowest BCUT2D eigenvalue weighted by molar-refractivity contribution is -0.133. The second-order valence-corrected chi connectivity index (χ2v) is 8.74. The van der Waals surface area contributed by atoms with Crippen molar-refractivity contribution < 1.29 is 18.7 Å². The molecule has 0 aliphatic heterocycles. The number of carbonyl (C=O) groups excluding carboxylic acids is 2. The number of likely N-dealkylation sites (N-methyl/N-ethyl adjacent to an activating group) is 1. The molecule has 8 heteroatoms. The molecule has 3 aromatic carbocycles. The van der Waals surface area contributed by atoms with E-state index in [1.54, 1.807) is 31.3 Å². The third-order valence-corrected chi connectivity index (χ3v) is 5.72. The van der Waals surface area contributed by atoms with Gasteiger partial charge < -0.3 is 19.0 Å². The van der Waals surface area contributed by atoms with E-state index in [0.29, 0.717) is 29.5 Å². The summed E-state index contributed by atoms with van der Waals surface area (Å²) in [6.45, 7) is 2.10. The number of amides is 1. The number of hydrogen-bond donors (Lipinski definition) is 0. The van der Waals surface area contributed by atoms with Crippen molar-refractivity contribution in [2.75, 3.05) is 32.6 Å². The summed E-state index contributed by atoms with van der Waals surface area (Å²) in [5.74, 6) is -0.0960. The van der Waals surface area contributed by atoms with Crippen LogP contribution in [0.1, 0.15) is 21.5 Å². The maximum Gasteiger partial charge on any atom is 0.338 e. The van der Waals surface area contributed by atoms with E-state index in [-0.39, 0.29) is 12.5 Å². The number of benzene rings is 3. The van der Waals surface area contributed by atoms with E-state index in [1.807, 2.05) is 74.4 Å². The minimum absolute atomic E-state index is 0.286. The van der Waals surface area contributed by atoms with Gasteiger partial charge in [0.15, 0.2) is 6.61 Å². The smallest absolute Gasteiger partial charge is 0.338 e. The van der Waals surface area contributed by atoms with Gasteiger partial charge in [-0.3, -0.25) is 4.79 Å². The lowest BCUT2D eigenvalue weighted by Gasteiger charge is -2.18. The quantitative estimate of drug-likeness (QED) is 0.338. The normalized spacial score (nSPS) is 10.7. The number of esters is 1. The van der Waals surface area contributed by atoms with E-state index in [0.717, 1.165) is 22.4 Å². The van der Waals surface area contributed by atoms with Crippen LogP contribution in [0.3, 0.4) is 0 Å². The molecule has 0 radical (unpaired) electrons. The van der Waals surface area contributed by atoms with E-state index in [2.05, 4.69) is 10.2 Å². The molecule has 1 aromatic heterocycles. The minimum Gasteiger partial charge on any atom is -0.452 e. The van der Waals surface area contributed by atoms with Gasteiger partial charge >= 0.3 is 5.97 Å². The number of anilines is 1. The molecule has 1 amide bonds. The summed E-state index contributed by atoms with van der Waals surface area (Å²) >= 11 is 0. The van der Waals surface area contributed by atoms with Gasteiger partial charge in [-0.15, -0.1) is 10.2 Å². The fourth-order valence-corrected chi connectivity index (χ4v) is 3.48. The number of hydrogen-bond acceptors (Lipinski definition) is 7. The predicted molar refractivity (Wildman–Crippen MR) is 137 cm³/mol. The highest BCUT2D eigenvalue weighted by Gasteiger charge is 2.15. The topological polar surface area (TPSA) is 88.8 Å². The Labute approximate surface area is 210 Å². The fourth-order valence-electron chi connectivity index (χ4n) is 3.48. The van der Waals surface area contributed by atoms with Crippen molar-refractivity contribution in [3.63, 3.8) is 0 Å². The van der Waals surface area contributed by atoms with E-state index < -0.39 is 5.97 Å². The van der Waals surface area contributed by atoms with E-state index >= 15 is 0 Å². The van der Waals surface area contributed by atoms with Gasteiger partial charge in [-0.1, -0.05) is 29.8 Å². The average Bonchev–Trinajstić information content (AvgIpc) is 3.38. The van der Waals surface area contributed by atoms with Crippen LogP contribution in [0.2, 0.25) is 0 Å². The van der Waals surface area contributed by atoms with Crippen molar-refractivity contribution in [3.8, 4) is 22.9 Å².